The predicted molar refractivity (Wildman–Crippen MR) is 109 cm³/mol. The minimum absolute atomic E-state index is 0.0126. The third kappa shape index (κ3) is 3.06. The molecule has 0 saturated carbocycles. The Morgan fingerprint density at radius 3 is 2.54 bits per heavy atom. The second-order valence-electron chi connectivity index (χ2n) is 6.02. The van der Waals surface area contributed by atoms with Crippen LogP contribution in [-0.2, 0) is 0 Å². The molecule has 3 aromatic rings. The van der Waals surface area contributed by atoms with Gasteiger partial charge in [0.2, 0.25) is 0 Å². The SMILES string of the molecule is CSc1cccc(N[C@H]2c3ccccc3C(=O)N2c2ccc(Cl)cc2)c1. The number of fused-ring (bicyclic) bond motifs is 1. The summed E-state index contributed by atoms with van der Waals surface area (Å²) in [6.45, 7) is 0. The Balaban J connectivity index is 1.76. The second-order valence-corrected chi connectivity index (χ2v) is 7.33. The molecule has 130 valence electrons. The Bertz CT molecular complexity index is 958. The standard InChI is InChI=1S/C21H17ClN2OS/c1-26-17-6-4-5-15(13-17)23-20-18-7-2-3-8-19(18)21(25)24(20)16-11-9-14(22)10-12-16/h2-13,20,23H,1H3/t20-/m1/s1. The van der Waals surface area contributed by atoms with Crippen LogP contribution in [0.3, 0.4) is 0 Å². The minimum atomic E-state index is -0.267. The first kappa shape index (κ1) is 17.0. The molecular weight excluding hydrogens is 364 g/mol. The van der Waals surface area contributed by atoms with Gasteiger partial charge in [-0.25, -0.2) is 0 Å². The fraction of sp³-hybridized carbons (Fsp3) is 0.0952. The van der Waals surface area contributed by atoms with E-state index in [0.29, 0.717) is 5.02 Å². The molecule has 0 aromatic heterocycles. The van der Waals surface area contributed by atoms with Crippen LogP contribution >= 0.6 is 23.4 Å². The molecule has 0 unspecified atom stereocenters. The number of hydrogen-bond donors (Lipinski definition) is 1. The third-order valence-corrected chi connectivity index (χ3v) is 5.42. The number of carbonyl (C=O) groups excluding carboxylic acids is 1. The zero-order chi connectivity index (χ0) is 18.1. The number of anilines is 2. The van der Waals surface area contributed by atoms with E-state index in [0.717, 1.165) is 22.5 Å². The van der Waals surface area contributed by atoms with Crippen LogP contribution in [0.15, 0.2) is 77.7 Å². The Kier molecular flexibility index (Phi) is 4.62. The zero-order valence-electron chi connectivity index (χ0n) is 14.1. The molecule has 1 atom stereocenters. The maximum Gasteiger partial charge on any atom is 0.260 e. The molecule has 0 bridgehead atoms. The van der Waals surface area contributed by atoms with Gasteiger partial charge in [0.05, 0.1) is 0 Å². The van der Waals surface area contributed by atoms with Crippen LogP contribution in [0.1, 0.15) is 22.1 Å². The van der Waals surface area contributed by atoms with Gasteiger partial charge in [-0.05, 0) is 54.8 Å². The molecular formula is C21H17ClN2OS. The number of hydrogen-bond acceptors (Lipinski definition) is 3. The van der Waals surface area contributed by atoms with Crippen molar-refractivity contribution in [1.29, 1.82) is 0 Å². The first-order chi connectivity index (χ1) is 12.7. The molecule has 0 spiro atoms. The van der Waals surface area contributed by atoms with Crippen LogP contribution in [0.4, 0.5) is 11.4 Å². The smallest absolute Gasteiger partial charge is 0.260 e. The summed E-state index contributed by atoms with van der Waals surface area (Å²) < 4.78 is 0. The van der Waals surface area contributed by atoms with Crippen molar-refractivity contribution in [2.24, 2.45) is 0 Å². The molecule has 3 aromatic carbocycles. The summed E-state index contributed by atoms with van der Waals surface area (Å²) in [6.07, 6.45) is 1.78. The molecule has 1 aliphatic heterocycles. The van der Waals surface area contributed by atoms with E-state index in [9.17, 15) is 4.79 Å². The van der Waals surface area contributed by atoms with E-state index >= 15 is 0 Å². The highest BCUT2D eigenvalue weighted by atomic mass is 35.5. The summed E-state index contributed by atoms with van der Waals surface area (Å²) in [4.78, 5) is 16.0. The average Bonchev–Trinajstić information content (AvgIpc) is 2.95. The maximum atomic E-state index is 13.1. The monoisotopic (exact) mass is 380 g/mol. The quantitative estimate of drug-likeness (QED) is 0.577. The third-order valence-electron chi connectivity index (χ3n) is 4.44. The first-order valence-corrected chi connectivity index (χ1v) is 9.86. The van der Waals surface area contributed by atoms with E-state index in [1.54, 1.807) is 28.8 Å². The lowest BCUT2D eigenvalue weighted by Gasteiger charge is -2.27. The molecule has 1 heterocycles. The number of thioether (sulfide) groups is 1. The van der Waals surface area contributed by atoms with E-state index in [-0.39, 0.29) is 12.1 Å². The molecule has 5 heteroatoms. The van der Waals surface area contributed by atoms with Crippen LogP contribution in [0, 0.1) is 0 Å². The fourth-order valence-electron chi connectivity index (χ4n) is 3.20. The van der Waals surface area contributed by atoms with Crippen molar-refractivity contribution in [2.45, 2.75) is 11.1 Å². The van der Waals surface area contributed by atoms with E-state index in [1.165, 1.54) is 4.90 Å². The number of amides is 1. The maximum absolute atomic E-state index is 13.1. The summed E-state index contributed by atoms with van der Waals surface area (Å²) in [7, 11) is 0. The van der Waals surface area contributed by atoms with Crippen molar-refractivity contribution < 1.29 is 4.79 Å². The normalized spacial score (nSPS) is 15.8. The number of carbonyl (C=O) groups is 1. The highest BCUT2D eigenvalue weighted by molar-refractivity contribution is 7.98. The van der Waals surface area contributed by atoms with Crippen molar-refractivity contribution >= 4 is 40.6 Å². The molecule has 0 fully saturated rings. The first-order valence-electron chi connectivity index (χ1n) is 8.26. The molecule has 0 radical (unpaired) electrons. The van der Waals surface area contributed by atoms with Gasteiger partial charge in [-0.15, -0.1) is 11.8 Å². The lowest BCUT2D eigenvalue weighted by atomic mass is 10.1. The molecule has 4 rings (SSSR count). The highest BCUT2D eigenvalue weighted by Crippen LogP contribution is 2.38. The van der Waals surface area contributed by atoms with Crippen LogP contribution in [0.5, 0.6) is 0 Å². The van der Waals surface area contributed by atoms with Crippen LogP contribution < -0.4 is 10.2 Å². The molecule has 1 N–H and O–H groups in total. The Hall–Kier alpha value is -2.43. The van der Waals surface area contributed by atoms with Gasteiger partial charge in [0, 0.05) is 32.4 Å². The van der Waals surface area contributed by atoms with E-state index < -0.39 is 0 Å². The van der Waals surface area contributed by atoms with Gasteiger partial charge in [-0.1, -0.05) is 35.9 Å². The Labute approximate surface area is 162 Å². The van der Waals surface area contributed by atoms with Gasteiger partial charge in [0.25, 0.3) is 5.91 Å². The molecule has 0 aliphatic carbocycles. The average molecular weight is 381 g/mol. The van der Waals surface area contributed by atoms with Crippen LogP contribution in [0.25, 0.3) is 0 Å². The van der Waals surface area contributed by atoms with E-state index in [1.807, 2.05) is 54.8 Å². The summed E-state index contributed by atoms with van der Waals surface area (Å²) in [5, 5.41) is 4.17. The van der Waals surface area contributed by atoms with Gasteiger partial charge < -0.3 is 5.32 Å². The number of rotatable bonds is 4. The van der Waals surface area contributed by atoms with Crippen molar-refractivity contribution in [3.63, 3.8) is 0 Å². The summed E-state index contributed by atoms with van der Waals surface area (Å²) in [5.74, 6) is -0.0126. The molecule has 1 amide bonds. The van der Waals surface area contributed by atoms with Gasteiger partial charge in [0.1, 0.15) is 6.17 Å². The van der Waals surface area contributed by atoms with Gasteiger partial charge in [0.15, 0.2) is 0 Å². The van der Waals surface area contributed by atoms with E-state index in [2.05, 4.69) is 17.4 Å². The van der Waals surface area contributed by atoms with E-state index in [4.69, 9.17) is 11.6 Å². The number of nitrogens with one attached hydrogen (secondary N) is 1. The summed E-state index contributed by atoms with van der Waals surface area (Å²) >= 11 is 7.71. The fourth-order valence-corrected chi connectivity index (χ4v) is 3.78. The number of halogens is 1. The zero-order valence-corrected chi connectivity index (χ0v) is 15.7. The topological polar surface area (TPSA) is 32.3 Å². The summed E-state index contributed by atoms with van der Waals surface area (Å²) in [5.41, 5.74) is 3.49. The van der Waals surface area contributed by atoms with Crippen molar-refractivity contribution in [3.8, 4) is 0 Å². The molecule has 0 saturated heterocycles. The Morgan fingerprint density at radius 2 is 1.77 bits per heavy atom. The molecule has 3 nitrogen and oxygen atoms in total. The van der Waals surface area contributed by atoms with Gasteiger partial charge >= 0.3 is 0 Å². The number of benzene rings is 3. The van der Waals surface area contributed by atoms with Crippen molar-refractivity contribution in [3.05, 3.63) is 88.9 Å². The Morgan fingerprint density at radius 1 is 1.00 bits per heavy atom. The van der Waals surface area contributed by atoms with Crippen LogP contribution in [0.2, 0.25) is 5.02 Å². The molecule has 1 aliphatic rings. The highest BCUT2D eigenvalue weighted by Gasteiger charge is 2.37. The van der Waals surface area contributed by atoms with Gasteiger partial charge in [-0.3, -0.25) is 9.69 Å². The molecule has 26 heavy (non-hydrogen) atoms. The minimum Gasteiger partial charge on any atom is -0.361 e. The lowest BCUT2D eigenvalue weighted by molar-refractivity contribution is 0.0993. The lowest BCUT2D eigenvalue weighted by Crippen LogP contribution is -2.32. The largest absolute Gasteiger partial charge is 0.361 e. The number of nitrogens with zero attached hydrogens (tertiary/aromatic N) is 1. The van der Waals surface area contributed by atoms with Gasteiger partial charge in [-0.2, -0.15) is 0 Å². The van der Waals surface area contributed by atoms with Crippen LogP contribution in [-0.4, -0.2) is 12.2 Å². The predicted octanol–water partition coefficient (Wildman–Crippen LogP) is 5.83. The summed E-state index contributed by atoms with van der Waals surface area (Å²) in [6, 6.07) is 23.3. The second kappa shape index (κ2) is 7.06. The van der Waals surface area contributed by atoms with Crippen molar-refractivity contribution in [2.75, 3.05) is 16.5 Å². The van der Waals surface area contributed by atoms with Crippen molar-refractivity contribution in [1.82, 2.24) is 0 Å².